The van der Waals surface area contributed by atoms with Crippen LogP contribution in [0.25, 0.3) is 0 Å². The van der Waals surface area contributed by atoms with Gasteiger partial charge in [0.2, 0.25) is 0 Å². The molecule has 0 aromatic heterocycles. The van der Waals surface area contributed by atoms with Gasteiger partial charge in [-0.25, -0.2) is 26.7 Å². The Balaban J connectivity index is 1.76. The normalized spacial score (nSPS) is 19.2. The Kier molecular flexibility index (Phi) is 6.55. The van der Waals surface area contributed by atoms with Crippen LogP contribution in [0.15, 0.2) is 24.3 Å². The predicted molar refractivity (Wildman–Crippen MR) is 97.2 cm³/mol. The van der Waals surface area contributed by atoms with Crippen LogP contribution in [0.1, 0.15) is 67.3 Å². The van der Waals surface area contributed by atoms with Crippen molar-refractivity contribution in [3.63, 3.8) is 0 Å². The molecule has 0 heterocycles. The molecule has 0 aliphatic heterocycles. The van der Waals surface area contributed by atoms with Crippen molar-refractivity contribution in [1.29, 1.82) is 0 Å². The molecule has 1 aliphatic rings. The number of carbonyl (C=O) groups excluding carboxylic acids is 1. The van der Waals surface area contributed by atoms with E-state index in [1.165, 1.54) is 0 Å². The Morgan fingerprint density at radius 2 is 1.45 bits per heavy atom. The molecule has 0 unspecified atom stereocenters. The molecule has 0 N–H and O–H groups in total. The molecule has 1 saturated carbocycles. The summed E-state index contributed by atoms with van der Waals surface area (Å²) in [4.78, 5) is 12.1. The van der Waals surface area contributed by atoms with E-state index >= 15 is 0 Å². The summed E-state index contributed by atoms with van der Waals surface area (Å²) in [6, 6.07) is 3.07. The molecular weight excluding hydrogens is 391 g/mol. The number of hydrogen-bond donors (Lipinski definition) is 0. The Hall–Kier alpha value is -2.44. The highest BCUT2D eigenvalue weighted by Crippen LogP contribution is 2.38. The van der Waals surface area contributed by atoms with Gasteiger partial charge in [0.1, 0.15) is 22.9 Å². The van der Waals surface area contributed by atoms with Crippen molar-refractivity contribution in [3.8, 4) is 5.75 Å². The van der Waals surface area contributed by atoms with E-state index in [0.29, 0.717) is 23.6 Å². The van der Waals surface area contributed by atoms with Gasteiger partial charge in [-0.05, 0) is 55.2 Å². The maximum Gasteiger partial charge on any atom is 0.349 e. The van der Waals surface area contributed by atoms with Crippen LogP contribution in [0, 0.1) is 35.0 Å². The molecule has 2 aromatic rings. The molecule has 0 amide bonds. The third kappa shape index (κ3) is 4.77. The smallest absolute Gasteiger partial charge is 0.349 e. The van der Waals surface area contributed by atoms with E-state index < -0.39 is 46.4 Å². The monoisotopic (exact) mass is 412 g/mol. The number of ether oxygens (including phenoxy) is 1. The number of carbonyl (C=O) groups is 1. The van der Waals surface area contributed by atoms with Crippen molar-refractivity contribution >= 4 is 5.97 Å². The molecule has 3 rings (SSSR count). The van der Waals surface area contributed by atoms with E-state index in [-0.39, 0.29) is 5.92 Å². The largest absolute Gasteiger partial charge is 0.423 e. The predicted octanol–water partition coefficient (Wildman–Crippen LogP) is 6.68. The van der Waals surface area contributed by atoms with Gasteiger partial charge in [-0.3, -0.25) is 0 Å². The first-order valence-electron chi connectivity index (χ1n) is 9.65. The van der Waals surface area contributed by atoms with E-state index in [1.807, 2.05) is 0 Å². The molecule has 1 fully saturated rings. The number of rotatable bonds is 5. The summed E-state index contributed by atoms with van der Waals surface area (Å²) in [5, 5.41) is 0. The fraction of sp³-hybridized carbons (Fsp3) is 0.409. The van der Waals surface area contributed by atoms with Crippen molar-refractivity contribution in [2.24, 2.45) is 5.92 Å². The third-order valence-corrected chi connectivity index (χ3v) is 5.45. The lowest BCUT2D eigenvalue weighted by Gasteiger charge is -2.28. The lowest BCUT2D eigenvalue weighted by molar-refractivity contribution is 0.0723. The van der Waals surface area contributed by atoms with Crippen molar-refractivity contribution in [2.75, 3.05) is 0 Å². The summed E-state index contributed by atoms with van der Waals surface area (Å²) in [5.74, 6) is -8.61. The van der Waals surface area contributed by atoms with Gasteiger partial charge < -0.3 is 4.74 Å². The van der Waals surface area contributed by atoms with Gasteiger partial charge in [-0.1, -0.05) is 19.8 Å². The Labute approximate surface area is 165 Å². The minimum absolute atomic E-state index is 0.0115. The summed E-state index contributed by atoms with van der Waals surface area (Å²) >= 11 is 0. The van der Waals surface area contributed by atoms with Crippen molar-refractivity contribution in [3.05, 3.63) is 64.5 Å². The molecule has 2 nitrogen and oxygen atoms in total. The average molecular weight is 412 g/mol. The molecule has 29 heavy (non-hydrogen) atoms. The number of benzene rings is 2. The SMILES string of the molecule is CCCC1CCC(c2cc(F)c(C(=O)Oc3cc(F)c(F)c(F)c3)c(F)c2)CC1. The summed E-state index contributed by atoms with van der Waals surface area (Å²) in [6.45, 7) is 2.13. The average Bonchev–Trinajstić information content (AvgIpc) is 2.66. The number of halogens is 5. The van der Waals surface area contributed by atoms with Gasteiger partial charge in [0.25, 0.3) is 0 Å². The fourth-order valence-corrected chi connectivity index (χ4v) is 3.97. The number of esters is 1. The molecule has 1 aliphatic carbocycles. The second-order valence-corrected chi connectivity index (χ2v) is 7.46. The van der Waals surface area contributed by atoms with Crippen LogP contribution >= 0.6 is 0 Å². The molecule has 0 spiro atoms. The van der Waals surface area contributed by atoms with E-state index in [9.17, 15) is 26.7 Å². The second-order valence-electron chi connectivity index (χ2n) is 7.46. The minimum atomic E-state index is -1.74. The first-order chi connectivity index (χ1) is 13.8. The van der Waals surface area contributed by atoms with Crippen LogP contribution < -0.4 is 4.74 Å². The van der Waals surface area contributed by atoms with E-state index in [1.54, 1.807) is 0 Å². The summed E-state index contributed by atoms with van der Waals surface area (Å²) in [6.07, 6.45) is 5.88. The van der Waals surface area contributed by atoms with Gasteiger partial charge in [0, 0.05) is 12.1 Å². The second kappa shape index (κ2) is 8.93. The molecule has 156 valence electrons. The summed E-state index contributed by atoms with van der Waals surface area (Å²) in [7, 11) is 0. The first kappa shape index (κ1) is 21.3. The minimum Gasteiger partial charge on any atom is -0.423 e. The van der Waals surface area contributed by atoms with Crippen LogP contribution in [-0.2, 0) is 0 Å². The zero-order chi connectivity index (χ0) is 21.1. The Bertz CT molecular complexity index is 858. The van der Waals surface area contributed by atoms with Gasteiger partial charge in [0.15, 0.2) is 17.5 Å². The van der Waals surface area contributed by atoms with E-state index in [0.717, 1.165) is 50.7 Å². The van der Waals surface area contributed by atoms with Crippen LogP contribution in [0.3, 0.4) is 0 Å². The quantitative estimate of drug-likeness (QED) is 0.237. The Morgan fingerprint density at radius 1 is 0.897 bits per heavy atom. The van der Waals surface area contributed by atoms with E-state index in [4.69, 9.17) is 0 Å². The van der Waals surface area contributed by atoms with Crippen LogP contribution in [0.5, 0.6) is 5.75 Å². The van der Waals surface area contributed by atoms with E-state index in [2.05, 4.69) is 11.7 Å². The molecule has 0 saturated heterocycles. The van der Waals surface area contributed by atoms with Gasteiger partial charge in [-0.2, -0.15) is 0 Å². The molecular formula is C22H21F5O2. The standard InChI is InChI=1S/C22H21F5O2/c1-2-3-12-4-6-13(7-5-12)14-8-16(23)20(17(24)9-14)22(28)29-15-10-18(25)21(27)19(26)11-15/h8-13H,2-7H2,1H3. The number of hydrogen-bond acceptors (Lipinski definition) is 2. The highest BCUT2D eigenvalue weighted by atomic mass is 19.2. The van der Waals surface area contributed by atoms with Gasteiger partial charge >= 0.3 is 5.97 Å². The summed E-state index contributed by atoms with van der Waals surface area (Å²) < 4.78 is 73.1. The van der Waals surface area contributed by atoms with Gasteiger partial charge in [0.05, 0.1) is 0 Å². The maximum atomic E-state index is 14.5. The highest BCUT2D eigenvalue weighted by Gasteiger charge is 2.27. The van der Waals surface area contributed by atoms with Gasteiger partial charge in [-0.15, -0.1) is 0 Å². The molecule has 7 heteroatoms. The van der Waals surface area contributed by atoms with Crippen molar-refractivity contribution in [1.82, 2.24) is 0 Å². The molecule has 0 bridgehead atoms. The van der Waals surface area contributed by atoms with Crippen LogP contribution in [0.2, 0.25) is 0 Å². The highest BCUT2D eigenvalue weighted by molar-refractivity contribution is 5.91. The van der Waals surface area contributed by atoms with Crippen LogP contribution in [0.4, 0.5) is 22.0 Å². The zero-order valence-electron chi connectivity index (χ0n) is 15.9. The Morgan fingerprint density at radius 3 is 1.97 bits per heavy atom. The molecule has 0 radical (unpaired) electrons. The molecule has 0 atom stereocenters. The fourth-order valence-electron chi connectivity index (χ4n) is 3.97. The topological polar surface area (TPSA) is 26.3 Å². The third-order valence-electron chi connectivity index (χ3n) is 5.45. The maximum absolute atomic E-state index is 14.5. The zero-order valence-corrected chi connectivity index (χ0v) is 15.9. The van der Waals surface area contributed by atoms with Crippen molar-refractivity contribution in [2.45, 2.75) is 51.4 Å². The van der Waals surface area contributed by atoms with Crippen molar-refractivity contribution < 1.29 is 31.5 Å². The first-order valence-corrected chi connectivity index (χ1v) is 9.65. The molecule has 2 aromatic carbocycles. The lowest BCUT2D eigenvalue weighted by atomic mass is 9.77. The van der Waals surface area contributed by atoms with Crippen LogP contribution in [-0.4, -0.2) is 5.97 Å². The lowest BCUT2D eigenvalue weighted by Crippen LogP contribution is -2.17. The summed E-state index contributed by atoms with van der Waals surface area (Å²) in [5.41, 5.74) is -0.482.